The Hall–Kier alpha value is -1.54. The molecule has 0 saturated heterocycles. The molecule has 0 aliphatic carbocycles. The molecule has 6 N–H and O–H groups in total. The van der Waals surface area contributed by atoms with E-state index in [1.807, 2.05) is 0 Å². The molecule has 0 spiro atoms. The van der Waals surface area contributed by atoms with Crippen molar-refractivity contribution < 1.29 is 33.5 Å². The van der Waals surface area contributed by atoms with Gasteiger partial charge in [0.2, 0.25) is 0 Å². The molecule has 9 heteroatoms. The van der Waals surface area contributed by atoms with Crippen LogP contribution in [0.25, 0.3) is 0 Å². The normalized spacial score (nSPS) is 14.8. The van der Waals surface area contributed by atoms with Crippen molar-refractivity contribution in [3.05, 3.63) is 48.6 Å². The van der Waals surface area contributed by atoms with Gasteiger partial charge in [-0.1, -0.05) is 68.4 Å². The van der Waals surface area contributed by atoms with Crippen molar-refractivity contribution >= 4 is 13.8 Å². The number of phosphoric acid groups is 1. The van der Waals surface area contributed by atoms with Crippen LogP contribution in [0.2, 0.25) is 0 Å². The van der Waals surface area contributed by atoms with Gasteiger partial charge in [0, 0.05) is 6.42 Å². The minimum atomic E-state index is -4.88. The first-order valence-electron chi connectivity index (χ1n) is 11.5. The van der Waals surface area contributed by atoms with E-state index in [0.29, 0.717) is 6.42 Å². The lowest BCUT2D eigenvalue weighted by molar-refractivity contribution is -0.222. The predicted molar refractivity (Wildman–Crippen MR) is 132 cm³/mol. The highest BCUT2D eigenvalue weighted by molar-refractivity contribution is 7.44. The van der Waals surface area contributed by atoms with Crippen LogP contribution in [0.15, 0.2) is 48.6 Å². The number of hydrogen-bond acceptors (Lipinski definition) is 6. The Balaban J connectivity index is 0. The lowest BCUT2D eigenvalue weighted by Crippen LogP contribution is -2.24. The molecule has 33 heavy (non-hydrogen) atoms. The molecule has 0 radical (unpaired) electrons. The van der Waals surface area contributed by atoms with Gasteiger partial charge in [-0.3, -0.25) is 9.36 Å². The standard InChI is InChI=1S/C24H41O7P.H3N/c1-2-3-4-5-6-7-8-9-10-11-12-13-14-15-16-17-18-19-20-24(26)30-21-23(25)22-31-32(27,28)29;/h6-7,9-10,12-13,15-16,23,25H,2-5,8,11,14,17-22H2,1H3,(H2,27,28,29);1H3/b7-6-,10-9-,13-12-,16-15-;/t23-;/m1./s1. The molecular formula is C24H44NO7P. The van der Waals surface area contributed by atoms with Crippen LogP contribution in [-0.2, 0) is 18.6 Å². The second kappa shape index (κ2) is 23.6. The van der Waals surface area contributed by atoms with E-state index in [2.05, 4.69) is 60.1 Å². The topological polar surface area (TPSA) is 153 Å². The van der Waals surface area contributed by atoms with Crippen molar-refractivity contribution in [3.8, 4) is 0 Å². The van der Waals surface area contributed by atoms with Crippen molar-refractivity contribution in [3.63, 3.8) is 0 Å². The van der Waals surface area contributed by atoms with Gasteiger partial charge in [0.25, 0.3) is 7.82 Å². The SMILES string of the molecule is CCCCC/C=C\C/C=C\C/C=C\C/C=C\CCCCC(=O)OC[C@@H](O)COP(=O)([O-])O.[NH4+]. The van der Waals surface area contributed by atoms with Gasteiger partial charge in [0.15, 0.2) is 0 Å². The maximum Gasteiger partial charge on any atom is 0.305 e. The Bertz CT molecular complexity index is 626. The molecule has 0 saturated carbocycles. The first-order chi connectivity index (χ1) is 15.3. The van der Waals surface area contributed by atoms with E-state index in [9.17, 15) is 19.4 Å². The second-order valence-corrected chi connectivity index (χ2v) is 8.63. The van der Waals surface area contributed by atoms with Crippen LogP contribution >= 0.6 is 7.82 Å². The first-order valence-corrected chi connectivity index (χ1v) is 13.0. The molecule has 0 aliphatic rings. The minimum absolute atomic E-state index is 0. The highest BCUT2D eigenvalue weighted by atomic mass is 31.2. The quantitative estimate of drug-likeness (QED) is 0.0910. The number of ether oxygens (including phenoxy) is 1. The van der Waals surface area contributed by atoms with Crippen LogP contribution in [0.1, 0.15) is 77.6 Å². The highest BCUT2D eigenvalue weighted by Crippen LogP contribution is 2.30. The van der Waals surface area contributed by atoms with E-state index in [0.717, 1.165) is 32.1 Å². The van der Waals surface area contributed by atoms with E-state index < -0.39 is 26.5 Å². The van der Waals surface area contributed by atoms with E-state index >= 15 is 0 Å². The first kappa shape index (κ1) is 33.6. The molecule has 0 aromatic rings. The zero-order valence-corrected chi connectivity index (χ0v) is 21.2. The predicted octanol–water partition coefficient (Wildman–Crippen LogP) is 5.28. The third kappa shape index (κ3) is 28.4. The molecule has 0 aromatic carbocycles. The van der Waals surface area contributed by atoms with Gasteiger partial charge >= 0.3 is 5.97 Å². The highest BCUT2D eigenvalue weighted by Gasteiger charge is 2.12. The van der Waals surface area contributed by atoms with Crippen LogP contribution in [0.3, 0.4) is 0 Å². The molecule has 0 rings (SSSR count). The van der Waals surface area contributed by atoms with Gasteiger partial charge in [-0.05, 0) is 51.4 Å². The molecule has 0 fully saturated rings. The lowest BCUT2D eigenvalue weighted by atomic mass is 10.2. The Kier molecular flexibility index (Phi) is 24.1. The average molecular weight is 490 g/mol. The zero-order chi connectivity index (χ0) is 23.9. The number of phosphoric ester groups is 1. The van der Waals surface area contributed by atoms with Crippen LogP contribution < -0.4 is 11.0 Å². The third-order valence-corrected chi connectivity index (χ3v) is 4.80. The van der Waals surface area contributed by atoms with Gasteiger partial charge in [-0.2, -0.15) is 0 Å². The molecule has 1 unspecified atom stereocenters. The van der Waals surface area contributed by atoms with Crippen molar-refractivity contribution in [2.24, 2.45) is 0 Å². The smallest absolute Gasteiger partial charge is 0.305 e. The summed E-state index contributed by atoms with van der Waals surface area (Å²) in [4.78, 5) is 30.3. The van der Waals surface area contributed by atoms with Gasteiger partial charge in [0.1, 0.15) is 12.7 Å². The van der Waals surface area contributed by atoms with E-state index in [1.54, 1.807) is 0 Å². The number of quaternary nitrogens is 1. The molecule has 8 nitrogen and oxygen atoms in total. The molecule has 0 amide bonds. The summed E-state index contributed by atoms with van der Waals surface area (Å²) < 4.78 is 19.2. The Morgan fingerprint density at radius 2 is 1.36 bits per heavy atom. The molecule has 2 atom stereocenters. The summed E-state index contributed by atoms with van der Waals surface area (Å²) in [5.74, 6) is -0.467. The van der Waals surface area contributed by atoms with Crippen molar-refractivity contribution in [1.82, 2.24) is 6.15 Å². The number of unbranched alkanes of at least 4 members (excludes halogenated alkanes) is 5. The number of carbonyl (C=O) groups excluding carboxylic acids is 1. The minimum Gasteiger partial charge on any atom is -0.756 e. The van der Waals surface area contributed by atoms with E-state index in [-0.39, 0.29) is 19.2 Å². The van der Waals surface area contributed by atoms with Crippen LogP contribution in [0, 0.1) is 0 Å². The Morgan fingerprint density at radius 1 is 0.879 bits per heavy atom. The maximum absolute atomic E-state index is 11.5. The van der Waals surface area contributed by atoms with Crippen LogP contribution in [0.4, 0.5) is 0 Å². The fraction of sp³-hybridized carbons (Fsp3) is 0.625. The fourth-order valence-corrected chi connectivity index (χ4v) is 2.94. The van der Waals surface area contributed by atoms with Gasteiger partial charge in [0.05, 0.1) is 6.61 Å². The maximum atomic E-state index is 11.5. The van der Waals surface area contributed by atoms with Gasteiger partial charge < -0.3 is 30.3 Å². The molecule has 0 heterocycles. The average Bonchev–Trinajstić information content (AvgIpc) is 2.75. The number of aliphatic hydroxyl groups excluding tert-OH is 1. The van der Waals surface area contributed by atoms with Gasteiger partial charge in [-0.25, -0.2) is 0 Å². The summed E-state index contributed by atoms with van der Waals surface area (Å²) in [5.41, 5.74) is 0. The van der Waals surface area contributed by atoms with Crippen molar-refractivity contribution in [2.45, 2.75) is 83.7 Å². The molecular weight excluding hydrogens is 445 g/mol. The number of esters is 1. The van der Waals surface area contributed by atoms with E-state index in [4.69, 9.17) is 9.63 Å². The summed E-state index contributed by atoms with van der Waals surface area (Å²) in [7, 11) is -4.88. The van der Waals surface area contributed by atoms with Crippen LogP contribution in [0.5, 0.6) is 0 Å². The molecule has 0 aliphatic heterocycles. The molecule has 0 bridgehead atoms. The molecule has 0 aromatic heterocycles. The number of hydrogen-bond donors (Lipinski definition) is 3. The Morgan fingerprint density at radius 3 is 1.85 bits per heavy atom. The summed E-state index contributed by atoms with van der Waals surface area (Å²) in [6, 6.07) is 0. The number of carbonyl (C=O) groups is 1. The zero-order valence-electron chi connectivity index (χ0n) is 20.3. The summed E-state index contributed by atoms with van der Waals surface area (Å²) in [5, 5.41) is 9.39. The summed E-state index contributed by atoms with van der Waals surface area (Å²) >= 11 is 0. The summed E-state index contributed by atoms with van der Waals surface area (Å²) in [6.07, 6.45) is 26.5. The second-order valence-electron chi connectivity index (χ2n) is 7.44. The fourth-order valence-electron chi connectivity index (χ4n) is 2.58. The molecule has 192 valence electrons. The number of allylic oxidation sites excluding steroid dienone is 8. The lowest BCUT2D eigenvalue weighted by Gasteiger charge is -2.18. The van der Waals surface area contributed by atoms with Gasteiger partial charge in [-0.15, -0.1) is 0 Å². The Labute approximate surface area is 199 Å². The third-order valence-electron chi connectivity index (χ3n) is 4.33. The largest absolute Gasteiger partial charge is 0.756 e. The number of aliphatic hydroxyl groups is 1. The van der Waals surface area contributed by atoms with E-state index in [1.165, 1.54) is 25.7 Å². The monoisotopic (exact) mass is 489 g/mol. The number of rotatable bonds is 20. The summed E-state index contributed by atoms with van der Waals surface area (Å²) in [6.45, 7) is 1.18. The van der Waals surface area contributed by atoms with Crippen molar-refractivity contribution in [2.75, 3.05) is 13.2 Å². The van der Waals surface area contributed by atoms with Crippen LogP contribution in [-0.4, -0.2) is 35.3 Å². The van der Waals surface area contributed by atoms with Crippen molar-refractivity contribution in [1.29, 1.82) is 0 Å².